The van der Waals surface area contributed by atoms with Gasteiger partial charge in [0.2, 0.25) is 0 Å². The average molecular weight is 489 g/mol. The summed E-state index contributed by atoms with van der Waals surface area (Å²) in [5.74, 6) is 0.527. The highest BCUT2D eigenvalue weighted by Crippen LogP contribution is 2.31. The number of methoxy groups -OCH3 is 1. The molecule has 35 heavy (non-hydrogen) atoms. The maximum atomic E-state index is 13.7. The highest BCUT2D eigenvalue weighted by molar-refractivity contribution is 7.07. The van der Waals surface area contributed by atoms with Gasteiger partial charge in [-0.05, 0) is 36.1 Å². The largest absolute Gasteiger partial charge is 0.489 e. The van der Waals surface area contributed by atoms with Crippen molar-refractivity contribution in [2.24, 2.45) is 4.99 Å². The second kappa shape index (κ2) is 10.3. The van der Waals surface area contributed by atoms with E-state index in [1.807, 2.05) is 48.5 Å². The van der Waals surface area contributed by atoms with E-state index >= 15 is 0 Å². The molecule has 0 N–H and O–H groups in total. The van der Waals surface area contributed by atoms with Crippen LogP contribution in [0.3, 0.4) is 0 Å². The maximum Gasteiger partial charge on any atom is 0.338 e. The number of ether oxygens (including phenoxy) is 2. The van der Waals surface area contributed by atoms with Crippen molar-refractivity contribution in [1.82, 2.24) is 4.57 Å². The number of carbonyl (C=O) groups excluding carboxylic acids is 1. The van der Waals surface area contributed by atoms with Gasteiger partial charge in [0, 0.05) is 5.56 Å². The molecule has 7 heteroatoms. The van der Waals surface area contributed by atoms with Gasteiger partial charge in [-0.2, -0.15) is 0 Å². The summed E-state index contributed by atoms with van der Waals surface area (Å²) in [5, 5.41) is 0. The number of hydrogen-bond donors (Lipinski definition) is 0. The maximum absolute atomic E-state index is 13.7. The van der Waals surface area contributed by atoms with Crippen LogP contribution in [0.1, 0.15) is 49.4 Å². The van der Waals surface area contributed by atoms with E-state index in [1.165, 1.54) is 24.0 Å². The minimum atomic E-state index is -0.630. The molecule has 0 spiro atoms. The van der Waals surface area contributed by atoms with E-state index in [4.69, 9.17) is 9.47 Å². The lowest BCUT2D eigenvalue weighted by molar-refractivity contribution is -0.136. The average Bonchev–Trinajstić information content (AvgIpc) is 3.16. The molecule has 1 aromatic heterocycles. The number of fused-ring (bicyclic) bond motifs is 1. The van der Waals surface area contributed by atoms with E-state index in [-0.39, 0.29) is 5.56 Å². The number of esters is 1. The molecule has 1 atom stereocenters. The number of para-hydroxylation sites is 1. The molecule has 2 aromatic carbocycles. The number of benzene rings is 2. The first kappa shape index (κ1) is 24.4. The van der Waals surface area contributed by atoms with Crippen molar-refractivity contribution in [1.29, 1.82) is 0 Å². The number of allylic oxidation sites excluding steroid dienone is 1. The second-order valence-corrected chi connectivity index (χ2v) is 9.54. The molecule has 4 rings (SSSR count). The van der Waals surface area contributed by atoms with Gasteiger partial charge in [-0.1, -0.05) is 80.3 Å². The van der Waals surface area contributed by atoms with Crippen molar-refractivity contribution in [2.75, 3.05) is 13.7 Å². The summed E-state index contributed by atoms with van der Waals surface area (Å²) in [5.41, 5.74) is 3.46. The van der Waals surface area contributed by atoms with Gasteiger partial charge in [0.05, 0.1) is 29.0 Å². The first-order valence-electron chi connectivity index (χ1n) is 11.4. The van der Waals surface area contributed by atoms with Crippen LogP contribution < -0.4 is 19.6 Å². The smallest absolute Gasteiger partial charge is 0.338 e. The quantitative estimate of drug-likeness (QED) is 0.371. The molecular formula is C28H28N2O4S. The highest BCUT2D eigenvalue weighted by Gasteiger charge is 2.33. The lowest BCUT2D eigenvalue weighted by atomic mass is 9.93. The number of rotatable bonds is 7. The third kappa shape index (κ3) is 4.77. The van der Waals surface area contributed by atoms with Crippen molar-refractivity contribution in [2.45, 2.75) is 32.7 Å². The summed E-state index contributed by atoms with van der Waals surface area (Å²) in [6, 6.07) is 14.9. The Bertz CT molecular complexity index is 1480. The van der Waals surface area contributed by atoms with E-state index < -0.39 is 12.0 Å². The first-order chi connectivity index (χ1) is 16.8. The normalized spacial score (nSPS) is 15.6. The van der Waals surface area contributed by atoms with Gasteiger partial charge in [0.15, 0.2) is 4.80 Å². The number of nitrogens with zero attached hydrogens (tertiary/aromatic N) is 2. The van der Waals surface area contributed by atoms with E-state index in [0.29, 0.717) is 38.9 Å². The third-order valence-corrected chi connectivity index (χ3v) is 6.89. The second-order valence-electron chi connectivity index (χ2n) is 8.53. The number of thiazole rings is 1. The molecule has 0 saturated carbocycles. The summed E-state index contributed by atoms with van der Waals surface area (Å²) in [7, 11) is 1.34. The predicted molar refractivity (Wildman–Crippen MR) is 138 cm³/mol. The molecule has 0 aliphatic carbocycles. The van der Waals surface area contributed by atoms with Crippen molar-refractivity contribution < 1.29 is 14.3 Å². The fraction of sp³-hybridized carbons (Fsp3) is 0.250. The lowest BCUT2D eigenvalue weighted by Crippen LogP contribution is -2.39. The van der Waals surface area contributed by atoms with Gasteiger partial charge in [-0.25, -0.2) is 9.79 Å². The van der Waals surface area contributed by atoms with Crippen LogP contribution in [0.25, 0.3) is 6.08 Å². The zero-order valence-electron chi connectivity index (χ0n) is 20.3. The summed E-state index contributed by atoms with van der Waals surface area (Å²) in [6.07, 6.45) is 3.48. The van der Waals surface area contributed by atoms with E-state index in [0.717, 1.165) is 11.1 Å². The van der Waals surface area contributed by atoms with Crippen LogP contribution in [-0.2, 0) is 9.53 Å². The summed E-state index contributed by atoms with van der Waals surface area (Å²) in [6.45, 7) is 10.1. The minimum Gasteiger partial charge on any atom is -0.489 e. The Balaban J connectivity index is 1.92. The molecule has 6 nitrogen and oxygen atoms in total. The Hall–Kier alpha value is -3.71. The van der Waals surface area contributed by atoms with Crippen LogP contribution in [0.5, 0.6) is 5.75 Å². The van der Waals surface area contributed by atoms with Crippen molar-refractivity contribution in [3.8, 4) is 5.75 Å². The molecule has 0 amide bonds. The van der Waals surface area contributed by atoms with Crippen LogP contribution in [0.2, 0.25) is 0 Å². The standard InChI is InChI=1S/C28H28N2O4S/c1-6-15-34-22-10-8-7-9-21(22)16-23-26(31)30-25(20-13-11-19(12-14-20)17(2)3)24(27(32)33-5)18(4)29-28(30)35-23/h6-14,16-17,25H,1,15H2,2-5H3/b23-16-. The summed E-state index contributed by atoms with van der Waals surface area (Å²) in [4.78, 5) is 31.7. The molecule has 3 aromatic rings. The monoisotopic (exact) mass is 488 g/mol. The molecule has 180 valence electrons. The summed E-state index contributed by atoms with van der Waals surface area (Å²) >= 11 is 1.29. The molecule has 0 saturated heterocycles. The number of hydrogen-bond acceptors (Lipinski definition) is 6. The Labute approximate surface area is 208 Å². The molecule has 2 heterocycles. The zero-order valence-corrected chi connectivity index (χ0v) is 21.1. The number of carbonyl (C=O) groups is 1. The Morgan fingerprint density at radius 3 is 2.57 bits per heavy atom. The van der Waals surface area contributed by atoms with E-state index in [9.17, 15) is 9.59 Å². The van der Waals surface area contributed by atoms with Crippen LogP contribution in [0.15, 0.2) is 82.2 Å². The highest BCUT2D eigenvalue weighted by atomic mass is 32.1. The summed E-state index contributed by atoms with van der Waals surface area (Å²) < 4.78 is 12.9. The van der Waals surface area contributed by atoms with Crippen LogP contribution in [0.4, 0.5) is 0 Å². The Morgan fingerprint density at radius 2 is 1.91 bits per heavy atom. The van der Waals surface area contributed by atoms with Gasteiger partial charge in [-0.3, -0.25) is 9.36 Å². The van der Waals surface area contributed by atoms with E-state index in [2.05, 4.69) is 25.4 Å². The van der Waals surface area contributed by atoms with Crippen LogP contribution in [0, 0.1) is 0 Å². The van der Waals surface area contributed by atoms with Crippen LogP contribution in [-0.4, -0.2) is 24.3 Å². The van der Waals surface area contributed by atoms with E-state index in [1.54, 1.807) is 23.6 Å². The fourth-order valence-corrected chi connectivity index (χ4v) is 5.13. The Morgan fingerprint density at radius 1 is 1.20 bits per heavy atom. The molecular weight excluding hydrogens is 460 g/mol. The minimum absolute atomic E-state index is 0.223. The van der Waals surface area contributed by atoms with Gasteiger partial charge in [0.25, 0.3) is 5.56 Å². The lowest BCUT2D eigenvalue weighted by Gasteiger charge is -2.24. The van der Waals surface area contributed by atoms with Crippen molar-refractivity contribution >= 4 is 23.4 Å². The van der Waals surface area contributed by atoms with Crippen LogP contribution >= 0.6 is 11.3 Å². The number of aromatic nitrogens is 1. The molecule has 1 aliphatic heterocycles. The molecule has 0 radical (unpaired) electrons. The molecule has 0 bridgehead atoms. The van der Waals surface area contributed by atoms with Gasteiger partial charge < -0.3 is 9.47 Å². The Kier molecular flexibility index (Phi) is 7.17. The zero-order chi connectivity index (χ0) is 25.1. The third-order valence-electron chi connectivity index (χ3n) is 5.91. The topological polar surface area (TPSA) is 69.9 Å². The SMILES string of the molecule is C=CCOc1ccccc1/C=c1\sc2n(c1=O)C(c1ccc(C(C)C)cc1)C(C(=O)OC)=C(C)N=2. The molecule has 1 unspecified atom stereocenters. The van der Waals surface area contributed by atoms with Gasteiger partial charge in [0.1, 0.15) is 12.4 Å². The van der Waals surface area contributed by atoms with Crippen molar-refractivity contribution in [3.05, 3.63) is 109 Å². The fourth-order valence-electron chi connectivity index (χ4n) is 4.09. The van der Waals surface area contributed by atoms with Gasteiger partial charge in [-0.15, -0.1) is 0 Å². The predicted octanol–water partition coefficient (Wildman–Crippen LogP) is 4.10. The van der Waals surface area contributed by atoms with Gasteiger partial charge >= 0.3 is 5.97 Å². The molecule has 0 fully saturated rings. The van der Waals surface area contributed by atoms with Crippen molar-refractivity contribution in [3.63, 3.8) is 0 Å². The molecule has 1 aliphatic rings. The first-order valence-corrected chi connectivity index (χ1v) is 12.2.